The number of carbonyl (C=O) groups excluding carboxylic acids is 1. The van der Waals surface area contributed by atoms with Crippen LogP contribution in [0.15, 0.2) is 53.1 Å². The lowest BCUT2D eigenvalue weighted by Gasteiger charge is -2.05. The molecular formula is C17H13NO6. The van der Waals surface area contributed by atoms with Crippen LogP contribution in [-0.2, 0) is 22.6 Å². The molecule has 1 aromatic heterocycles. The lowest BCUT2D eigenvalue weighted by atomic mass is 10.1. The molecule has 0 saturated carbocycles. The fraction of sp³-hybridized carbons (Fsp3) is 0.118. The van der Waals surface area contributed by atoms with Crippen molar-refractivity contribution >= 4 is 22.6 Å². The van der Waals surface area contributed by atoms with Crippen LogP contribution in [0.2, 0.25) is 0 Å². The number of hydrogen-bond acceptors (Lipinski definition) is 6. The van der Waals surface area contributed by atoms with E-state index in [1.54, 1.807) is 24.3 Å². The number of benzene rings is 2. The number of nitro groups is 1. The Balaban J connectivity index is 1.69. The summed E-state index contributed by atoms with van der Waals surface area (Å²) in [4.78, 5) is 22.4. The van der Waals surface area contributed by atoms with E-state index in [0.717, 1.165) is 0 Å². The first kappa shape index (κ1) is 15.5. The van der Waals surface area contributed by atoms with Gasteiger partial charge in [0.1, 0.15) is 17.9 Å². The van der Waals surface area contributed by atoms with Gasteiger partial charge in [-0.05, 0) is 18.2 Å². The number of esters is 1. The molecule has 0 aliphatic carbocycles. The Morgan fingerprint density at radius 3 is 2.79 bits per heavy atom. The molecule has 0 unspecified atom stereocenters. The van der Waals surface area contributed by atoms with Crippen molar-refractivity contribution in [3.63, 3.8) is 0 Å². The van der Waals surface area contributed by atoms with Crippen molar-refractivity contribution < 1.29 is 24.0 Å². The minimum Gasteiger partial charge on any atom is -0.508 e. The van der Waals surface area contributed by atoms with Gasteiger partial charge in [0.15, 0.2) is 0 Å². The Labute approximate surface area is 136 Å². The molecule has 0 spiro atoms. The Kier molecular flexibility index (Phi) is 4.15. The van der Waals surface area contributed by atoms with E-state index in [0.29, 0.717) is 22.1 Å². The van der Waals surface area contributed by atoms with E-state index >= 15 is 0 Å². The van der Waals surface area contributed by atoms with Crippen LogP contribution in [0.1, 0.15) is 11.1 Å². The standard InChI is InChI=1S/C17H13NO6/c19-13-5-6-14-12(10-23-16(14)8-13)7-17(20)24-9-11-3-1-2-4-15(11)18(21)22/h1-6,8,10,19H,7,9H2. The number of aromatic hydroxyl groups is 1. The van der Waals surface area contributed by atoms with Crippen LogP contribution >= 0.6 is 0 Å². The van der Waals surface area contributed by atoms with Crippen LogP contribution in [0, 0.1) is 10.1 Å². The van der Waals surface area contributed by atoms with E-state index in [1.807, 2.05) is 0 Å². The molecule has 0 aliphatic rings. The van der Waals surface area contributed by atoms with Gasteiger partial charge in [-0.1, -0.05) is 12.1 Å². The number of para-hydroxylation sites is 1. The number of phenols is 1. The van der Waals surface area contributed by atoms with Crippen LogP contribution in [-0.4, -0.2) is 16.0 Å². The van der Waals surface area contributed by atoms with Crippen molar-refractivity contribution in [1.29, 1.82) is 0 Å². The van der Waals surface area contributed by atoms with Crippen LogP contribution in [0.5, 0.6) is 5.75 Å². The second-order valence-corrected chi connectivity index (χ2v) is 5.16. The largest absolute Gasteiger partial charge is 0.508 e. The highest BCUT2D eigenvalue weighted by molar-refractivity contribution is 5.86. The zero-order chi connectivity index (χ0) is 17.1. The number of ether oxygens (including phenoxy) is 1. The number of rotatable bonds is 5. The molecule has 1 N–H and O–H groups in total. The lowest BCUT2D eigenvalue weighted by Crippen LogP contribution is -2.08. The molecular weight excluding hydrogens is 314 g/mol. The van der Waals surface area contributed by atoms with Crippen molar-refractivity contribution in [1.82, 2.24) is 0 Å². The van der Waals surface area contributed by atoms with E-state index < -0.39 is 10.9 Å². The number of hydrogen-bond donors (Lipinski definition) is 1. The Morgan fingerprint density at radius 2 is 2.00 bits per heavy atom. The maximum Gasteiger partial charge on any atom is 0.310 e. The number of carbonyl (C=O) groups is 1. The van der Waals surface area contributed by atoms with Crippen LogP contribution < -0.4 is 0 Å². The number of phenolic OH excluding ortho intramolecular Hbond substituents is 1. The Morgan fingerprint density at radius 1 is 1.21 bits per heavy atom. The molecule has 0 saturated heterocycles. The third-order valence-corrected chi connectivity index (χ3v) is 3.55. The number of furan rings is 1. The lowest BCUT2D eigenvalue weighted by molar-refractivity contribution is -0.385. The first-order valence-electron chi connectivity index (χ1n) is 7.11. The van der Waals surface area contributed by atoms with Gasteiger partial charge in [0, 0.05) is 23.1 Å². The monoisotopic (exact) mass is 327 g/mol. The Bertz CT molecular complexity index is 914. The molecule has 3 aromatic rings. The van der Waals surface area contributed by atoms with Crippen LogP contribution in [0.4, 0.5) is 5.69 Å². The molecule has 7 nitrogen and oxygen atoms in total. The third kappa shape index (κ3) is 3.19. The fourth-order valence-electron chi connectivity index (χ4n) is 2.38. The van der Waals surface area contributed by atoms with Crippen LogP contribution in [0.25, 0.3) is 11.0 Å². The molecule has 24 heavy (non-hydrogen) atoms. The average Bonchev–Trinajstić information content (AvgIpc) is 2.95. The van der Waals surface area contributed by atoms with E-state index in [1.165, 1.54) is 24.5 Å². The van der Waals surface area contributed by atoms with Gasteiger partial charge in [-0.3, -0.25) is 14.9 Å². The van der Waals surface area contributed by atoms with Crippen molar-refractivity contribution in [3.8, 4) is 5.75 Å². The third-order valence-electron chi connectivity index (χ3n) is 3.55. The number of nitrogens with zero attached hydrogens (tertiary/aromatic N) is 1. The molecule has 0 aliphatic heterocycles. The highest BCUT2D eigenvalue weighted by Crippen LogP contribution is 2.25. The van der Waals surface area contributed by atoms with Crippen LogP contribution in [0.3, 0.4) is 0 Å². The minimum atomic E-state index is -0.524. The van der Waals surface area contributed by atoms with Gasteiger partial charge in [0.05, 0.1) is 23.2 Å². The van der Waals surface area contributed by atoms with Crippen molar-refractivity contribution in [2.45, 2.75) is 13.0 Å². The summed E-state index contributed by atoms with van der Waals surface area (Å²) in [6, 6.07) is 10.7. The smallest absolute Gasteiger partial charge is 0.310 e. The zero-order valence-electron chi connectivity index (χ0n) is 12.5. The molecule has 0 fully saturated rings. The maximum absolute atomic E-state index is 12.0. The summed E-state index contributed by atoms with van der Waals surface area (Å²) in [5.74, 6) is -0.453. The summed E-state index contributed by atoms with van der Waals surface area (Å²) in [6.07, 6.45) is 1.40. The van der Waals surface area contributed by atoms with Crippen molar-refractivity contribution in [2.24, 2.45) is 0 Å². The molecule has 0 radical (unpaired) electrons. The quantitative estimate of drug-likeness (QED) is 0.438. The topological polar surface area (TPSA) is 103 Å². The summed E-state index contributed by atoms with van der Waals surface area (Å²) in [7, 11) is 0. The fourth-order valence-corrected chi connectivity index (χ4v) is 2.38. The van der Waals surface area contributed by atoms with Gasteiger partial charge in [0.2, 0.25) is 0 Å². The zero-order valence-corrected chi connectivity index (χ0v) is 12.5. The van der Waals surface area contributed by atoms with Gasteiger partial charge < -0.3 is 14.3 Å². The van der Waals surface area contributed by atoms with Gasteiger partial charge in [-0.25, -0.2) is 0 Å². The van der Waals surface area contributed by atoms with Gasteiger partial charge in [-0.2, -0.15) is 0 Å². The van der Waals surface area contributed by atoms with E-state index in [2.05, 4.69) is 0 Å². The number of fused-ring (bicyclic) bond motifs is 1. The molecule has 0 amide bonds. The van der Waals surface area contributed by atoms with E-state index in [-0.39, 0.29) is 24.5 Å². The molecule has 0 atom stereocenters. The molecule has 1 heterocycles. The number of nitro benzene ring substituents is 1. The van der Waals surface area contributed by atoms with Crippen molar-refractivity contribution in [2.75, 3.05) is 0 Å². The summed E-state index contributed by atoms with van der Waals surface area (Å²) in [6.45, 7) is -0.174. The molecule has 2 aromatic carbocycles. The summed E-state index contributed by atoms with van der Waals surface area (Å²) >= 11 is 0. The summed E-state index contributed by atoms with van der Waals surface area (Å²) < 4.78 is 10.4. The van der Waals surface area contributed by atoms with Gasteiger partial charge in [0.25, 0.3) is 5.69 Å². The predicted molar refractivity (Wildman–Crippen MR) is 84.5 cm³/mol. The normalized spacial score (nSPS) is 10.7. The molecule has 0 bridgehead atoms. The van der Waals surface area contributed by atoms with Gasteiger partial charge >= 0.3 is 5.97 Å². The molecule has 122 valence electrons. The predicted octanol–water partition coefficient (Wildman–Crippen LogP) is 3.33. The first-order valence-corrected chi connectivity index (χ1v) is 7.11. The van der Waals surface area contributed by atoms with Gasteiger partial charge in [-0.15, -0.1) is 0 Å². The molecule has 3 rings (SSSR count). The average molecular weight is 327 g/mol. The highest BCUT2D eigenvalue weighted by Gasteiger charge is 2.16. The van der Waals surface area contributed by atoms with E-state index in [9.17, 15) is 20.0 Å². The highest BCUT2D eigenvalue weighted by atomic mass is 16.6. The Hall–Kier alpha value is -3.35. The second kappa shape index (κ2) is 6.41. The van der Waals surface area contributed by atoms with Crippen molar-refractivity contribution in [3.05, 3.63) is 70.0 Å². The maximum atomic E-state index is 12.0. The molecule has 7 heteroatoms. The summed E-state index contributed by atoms with van der Waals surface area (Å²) in [5, 5.41) is 21.0. The second-order valence-electron chi connectivity index (χ2n) is 5.16. The SMILES string of the molecule is O=C(Cc1coc2cc(O)ccc12)OCc1ccccc1[N+](=O)[O-]. The summed E-state index contributed by atoms with van der Waals surface area (Å²) in [5.41, 5.74) is 1.33. The first-order chi connectivity index (χ1) is 11.5. The minimum absolute atomic E-state index is 0.0294. The van der Waals surface area contributed by atoms with E-state index in [4.69, 9.17) is 9.15 Å².